The van der Waals surface area contributed by atoms with Crippen molar-refractivity contribution in [2.75, 3.05) is 0 Å². The number of aryl methyl sites for hydroxylation is 2. The molecule has 1 N–H and O–H groups in total. The SMILES string of the molecule is Cc1ccc(/C(O)=C2/C(=O)C(=O)N(Cc3ccco3)C2c2cccc(C)c2)cc1. The zero-order chi connectivity index (χ0) is 20.5. The Morgan fingerprint density at radius 1 is 1.00 bits per heavy atom. The molecule has 1 atom stereocenters. The number of carbonyl (C=O) groups is 2. The van der Waals surface area contributed by atoms with Gasteiger partial charge in [0.15, 0.2) is 0 Å². The van der Waals surface area contributed by atoms with Gasteiger partial charge in [0.05, 0.1) is 24.4 Å². The van der Waals surface area contributed by atoms with Crippen LogP contribution >= 0.6 is 0 Å². The number of amides is 1. The molecular formula is C24H21NO4. The van der Waals surface area contributed by atoms with E-state index in [4.69, 9.17) is 4.42 Å². The number of aliphatic hydroxyl groups excluding tert-OH is 1. The number of carbonyl (C=O) groups excluding carboxylic acids is 2. The Labute approximate surface area is 168 Å². The first-order chi connectivity index (χ1) is 14.0. The summed E-state index contributed by atoms with van der Waals surface area (Å²) in [6.45, 7) is 4.03. The fourth-order valence-corrected chi connectivity index (χ4v) is 3.67. The predicted molar refractivity (Wildman–Crippen MR) is 109 cm³/mol. The number of hydrogen-bond donors (Lipinski definition) is 1. The van der Waals surface area contributed by atoms with Crippen molar-refractivity contribution in [1.29, 1.82) is 0 Å². The molecule has 0 bridgehead atoms. The van der Waals surface area contributed by atoms with Crippen molar-refractivity contribution in [1.82, 2.24) is 4.90 Å². The minimum absolute atomic E-state index is 0.0935. The topological polar surface area (TPSA) is 70.8 Å². The molecule has 1 aromatic heterocycles. The van der Waals surface area contributed by atoms with Crippen molar-refractivity contribution in [3.63, 3.8) is 0 Å². The smallest absolute Gasteiger partial charge is 0.296 e. The van der Waals surface area contributed by atoms with E-state index >= 15 is 0 Å². The number of hydrogen-bond acceptors (Lipinski definition) is 4. The molecule has 0 saturated carbocycles. The lowest BCUT2D eigenvalue weighted by Crippen LogP contribution is -2.29. The van der Waals surface area contributed by atoms with Crippen molar-refractivity contribution >= 4 is 17.4 Å². The highest BCUT2D eigenvalue weighted by Gasteiger charge is 2.46. The number of benzene rings is 2. The largest absolute Gasteiger partial charge is 0.507 e. The number of likely N-dealkylation sites (tertiary alicyclic amines) is 1. The molecule has 1 fully saturated rings. The van der Waals surface area contributed by atoms with Crippen LogP contribution in [0.15, 0.2) is 76.9 Å². The van der Waals surface area contributed by atoms with E-state index in [9.17, 15) is 14.7 Å². The lowest BCUT2D eigenvalue weighted by Gasteiger charge is -2.24. The van der Waals surface area contributed by atoms with Crippen LogP contribution in [0.1, 0.15) is 34.1 Å². The highest BCUT2D eigenvalue weighted by Crippen LogP contribution is 2.40. The fraction of sp³-hybridized carbons (Fsp3) is 0.167. The summed E-state index contributed by atoms with van der Waals surface area (Å²) in [6.07, 6.45) is 1.53. The Morgan fingerprint density at radius 2 is 1.76 bits per heavy atom. The van der Waals surface area contributed by atoms with E-state index in [1.807, 2.05) is 50.2 Å². The lowest BCUT2D eigenvalue weighted by atomic mass is 9.94. The summed E-state index contributed by atoms with van der Waals surface area (Å²) in [5.41, 5.74) is 3.40. The zero-order valence-corrected chi connectivity index (χ0v) is 16.3. The van der Waals surface area contributed by atoms with Gasteiger partial charge in [-0.05, 0) is 31.5 Å². The van der Waals surface area contributed by atoms with Gasteiger partial charge in [-0.25, -0.2) is 0 Å². The molecule has 5 heteroatoms. The van der Waals surface area contributed by atoms with Crippen LogP contribution in [0.4, 0.5) is 0 Å². The molecule has 1 aliphatic rings. The van der Waals surface area contributed by atoms with E-state index in [0.717, 1.165) is 16.7 Å². The van der Waals surface area contributed by atoms with Gasteiger partial charge < -0.3 is 14.4 Å². The highest BCUT2D eigenvalue weighted by atomic mass is 16.3. The molecule has 3 aromatic rings. The van der Waals surface area contributed by atoms with Crippen molar-refractivity contribution in [3.05, 3.63) is 101 Å². The highest BCUT2D eigenvalue weighted by molar-refractivity contribution is 6.46. The second-order valence-electron chi connectivity index (χ2n) is 7.29. The summed E-state index contributed by atoms with van der Waals surface area (Å²) >= 11 is 0. The molecule has 0 aliphatic carbocycles. The van der Waals surface area contributed by atoms with Gasteiger partial charge in [-0.3, -0.25) is 9.59 Å². The Bertz CT molecular complexity index is 1090. The second kappa shape index (κ2) is 7.43. The van der Waals surface area contributed by atoms with Crippen molar-refractivity contribution in [2.45, 2.75) is 26.4 Å². The molecule has 29 heavy (non-hydrogen) atoms. The van der Waals surface area contributed by atoms with Gasteiger partial charge >= 0.3 is 0 Å². The lowest BCUT2D eigenvalue weighted by molar-refractivity contribution is -0.140. The van der Waals surface area contributed by atoms with Gasteiger partial charge in [0.2, 0.25) is 0 Å². The van der Waals surface area contributed by atoms with E-state index in [2.05, 4.69) is 0 Å². The fourth-order valence-electron chi connectivity index (χ4n) is 3.67. The van der Waals surface area contributed by atoms with Gasteiger partial charge in [-0.15, -0.1) is 0 Å². The first kappa shape index (κ1) is 18.7. The Morgan fingerprint density at radius 3 is 2.41 bits per heavy atom. The number of aliphatic hydroxyl groups is 1. The van der Waals surface area contributed by atoms with Crippen LogP contribution in [-0.2, 0) is 16.1 Å². The maximum absolute atomic E-state index is 13.0. The van der Waals surface area contributed by atoms with Crippen LogP contribution in [0.2, 0.25) is 0 Å². The summed E-state index contributed by atoms with van der Waals surface area (Å²) in [7, 11) is 0. The summed E-state index contributed by atoms with van der Waals surface area (Å²) < 4.78 is 5.40. The van der Waals surface area contributed by atoms with E-state index in [1.54, 1.807) is 24.3 Å². The average molecular weight is 387 g/mol. The maximum Gasteiger partial charge on any atom is 0.296 e. The summed E-state index contributed by atoms with van der Waals surface area (Å²) in [5, 5.41) is 11.0. The molecule has 1 aliphatic heterocycles. The first-order valence-corrected chi connectivity index (χ1v) is 9.40. The molecule has 2 aromatic carbocycles. The van der Waals surface area contributed by atoms with E-state index in [0.29, 0.717) is 11.3 Å². The Kier molecular flexibility index (Phi) is 4.80. The number of rotatable bonds is 4. The third-order valence-corrected chi connectivity index (χ3v) is 5.13. The third-order valence-electron chi connectivity index (χ3n) is 5.13. The average Bonchev–Trinajstić information content (AvgIpc) is 3.30. The second-order valence-corrected chi connectivity index (χ2v) is 7.29. The van der Waals surface area contributed by atoms with Crippen LogP contribution in [-0.4, -0.2) is 21.7 Å². The molecule has 5 nitrogen and oxygen atoms in total. The monoisotopic (exact) mass is 387 g/mol. The van der Waals surface area contributed by atoms with Gasteiger partial charge in [0.1, 0.15) is 11.5 Å². The Balaban J connectivity index is 1.87. The maximum atomic E-state index is 13.0. The van der Waals surface area contributed by atoms with Crippen LogP contribution in [0.5, 0.6) is 0 Å². The van der Waals surface area contributed by atoms with Crippen LogP contribution in [0, 0.1) is 13.8 Å². The summed E-state index contributed by atoms with van der Waals surface area (Å²) in [5.74, 6) is -0.945. The normalized spacial score (nSPS) is 18.4. The Hall–Kier alpha value is -3.60. The minimum atomic E-state index is -0.693. The number of Topliss-reactive ketones (excluding diaryl/α,β-unsaturated/α-hetero) is 1. The molecule has 146 valence electrons. The molecule has 4 rings (SSSR count). The predicted octanol–water partition coefficient (Wildman–Crippen LogP) is 4.52. The van der Waals surface area contributed by atoms with Crippen molar-refractivity contribution < 1.29 is 19.1 Å². The number of nitrogens with zero attached hydrogens (tertiary/aromatic N) is 1. The van der Waals surface area contributed by atoms with E-state index in [1.165, 1.54) is 11.2 Å². The quantitative estimate of drug-likeness (QED) is 0.406. The van der Waals surface area contributed by atoms with Crippen LogP contribution in [0.25, 0.3) is 5.76 Å². The van der Waals surface area contributed by atoms with Crippen molar-refractivity contribution in [3.8, 4) is 0 Å². The molecule has 1 amide bonds. The standard InChI is InChI=1S/C24H21NO4/c1-15-8-10-17(11-9-15)22(26)20-21(18-6-3-5-16(2)13-18)25(24(28)23(20)27)14-19-7-4-12-29-19/h3-13,21,26H,14H2,1-2H3/b22-20-. The molecule has 0 radical (unpaired) electrons. The first-order valence-electron chi connectivity index (χ1n) is 9.40. The summed E-state index contributed by atoms with van der Waals surface area (Å²) in [4.78, 5) is 27.3. The van der Waals surface area contributed by atoms with Gasteiger partial charge in [-0.1, -0.05) is 59.7 Å². The molecule has 0 spiro atoms. The van der Waals surface area contributed by atoms with E-state index in [-0.39, 0.29) is 17.9 Å². The molecule has 1 unspecified atom stereocenters. The number of ketones is 1. The van der Waals surface area contributed by atoms with Gasteiger partial charge in [0.25, 0.3) is 11.7 Å². The van der Waals surface area contributed by atoms with Crippen LogP contribution < -0.4 is 0 Å². The molecule has 1 saturated heterocycles. The van der Waals surface area contributed by atoms with Crippen LogP contribution in [0.3, 0.4) is 0 Å². The van der Waals surface area contributed by atoms with E-state index < -0.39 is 17.7 Å². The van der Waals surface area contributed by atoms with Crippen molar-refractivity contribution in [2.24, 2.45) is 0 Å². The summed E-state index contributed by atoms with van der Waals surface area (Å²) in [6, 6.07) is 17.6. The van der Waals surface area contributed by atoms with Gasteiger partial charge in [-0.2, -0.15) is 0 Å². The number of furan rings is 1. The molecular weight excluding hydrogens is 366 g/mol. The zero-order valence-electron chi connectivity index (χ0n) is 16.3. The molecule has 2 heterocycles. The third kappa shape index (κ3) is 3.47. The van der Waals surface area contributed by atoms with Gasteiger partial charge in [0, 0.05) is 5.56 Å². The minimum Gasteiger partial charge on any atom is -0.507 e.